The highest BCUT2D eigenvalue weighted by atomic mass is 16.5. The number of phenolic OH excluding ortho intramolecular Hbond substituents is 1. The first-order chi connectivity index (χ1) is 18.0. The Labute approximate surface area is 224 Å². The van der Waals surface area contributed by atoms with Crippen molar-refractivity contribution in [2.75, 3.05) is 0 Å². The summed E-state index contributed by atoms with van der Waals surface area (Å²) in [6.07, 6.45) is 6.96. The van der Waals surface area contributed by atoms with Crippen molar-refractivity contribution < 1.29 is 29.6 Å². The molecule has 2 aliphatic rings. The van der Waals surface area contributed by atoms with Crippen molar-refractivity contribution in [3.8, 4) is 11.5 Å². The lowest BCUT2D eigenvalue weighted by Gasteiger charge is -2.41. The van der Waals surface area contributed by atoms with Crippen LogP contribution in [0.25, 0.3) is 0 Å². The first kappa shape index (κ1) is 27.5. The summed E-state index contributed by atoms with van der Waals surface area (Å²) in [7, 11) is 0. The van der Waals surface area contributed by atoms with E-state index in [0.29, 0.717) is 35.3 Å². The minimum absolute atomic E-state index is 0.0399. The largest absolute Gasteiger partial charge is 0.508 e. The van der Waals surface area contributed by atoms with Crippen LogP contribution >= 0.6 is 0 Å². The van der Waals surface area contributed by atoms with Crippen molar-refractivity contribution in [3.05, 3.63) is 82.0 Å². The second kappa shape index (κ2) is 11.0. The Balaban J connectivity index is 1.59. The number of aliphatic hydroxyl groups excluding tert-OH is 1. The number of carbonyl (C=O) groups excluding carboxylic acids is 1. The Morgan fingerprint density at radius 2 is 1.87 bits per heavy atom. The van der Waals surface area contributed by atoms with E-state index in [-0.39, 0.29) is 24.3 Å². The van der Waals surface area contributed by atoms with E-state index in [1.165, 1.54) is 22.1 Å². The van der Waals surface area contributed by atoms with E-state index >= 15 is 0 Å². The van der Waals surface area contributed by atoms with Gasteiger partial charge in [-0.1, -0.05) is 53.6 Å². The van der Waals surface area contributed by atoms with Crippen LogP contribution < -0.4 is 4.74 Å². The second-order valence-electron chi connectivity index (χ2n) is 10.9. The number of amides is 1. The molecule has 2 aromatic rings. The van der Waals surface area contributed by atoms with Gasteiger partial charge in [-0.2, -0.15) is 0 Å². The number of hydrogen-bond acceptors (Lipinski definition) is 5. The van der Waals surface area contributed by atoms with Gasteiger partial charge >= 0.3 is 5.97 Å². The van der Waals surface area contributed by atoms with Gasteiger partial charge in [0.15, 0.2) is 6.04 Å². The summed E-state index contributed by atoms with van der Waals surface area (Å²) in [5.74, 6) is -1.36. The number of ether oxygens (including phenoxy) is 1. The number of allylic oxidation sites excluding steroid dienone is 4. The summed E-state index contributed by atoms with van der Waals surface area (Å²) in [4.78, 5) is 26.9. The van der Waals surface area contributed by atoms with Gasteiger partial charge in [0, 0.05) is 17.5 Å². The van der Waals surface area contributed by atoms with E-state index in [1.54, 1.807) is 30.3 Å². The molecule has 0 radical (unpaired) electrons. The molecule has 3 atom stereocenters. The molecule has 3 N–H and O–H groups in total. The third-order valence-electron chi connectivity index (χ3n) is 7.61. The summed E-state index contributed by atoms with van der Waals surface area (Å²) in [5, 5.41) is 31.8. The maximum absolute atomic E-state index is 13.4. The standard InChI is InChI=1S/C31H37NO6/c1-19(2)10-8-11-20(3)12-9-15-31(4)26(34)17-23-25(33)16-22-24(28(23)38-31)18-32(29(22)35)27(30(36)37)21-13-6-5-7-14-21/h5-7,10,12-14,16,26-27,33-34H,8-9,11,15,17-18H2,1-4H3,(H,36,37)/b20-12+/t26-,27+,31-/m0/s1. The molecule has 4 rings (SSSR count). The molecule has 2 aliphatic heterocycles. The number of carboxylic acids is 1. The fourth-order valence-corrected chi connectivity index (χ4v) is 5.32. The maximum Gasteiger partial charge on any atom is 0.331 e. The average molecular weight is 520 g/mol. The Hall–Kier alpha value is -3.58. The Morgan fingerprint density at radius 3 is 2.53 bits per heavy atom. The van der Waals surface area contributed by atoms with E-state index in [9.17, 15) is 24.9 Å². The van der Waals surface area contributed by atoms with E-state index in [0.717, 1.165) is 12.8 Å². The number of benzene rings is 2. The monoisotopic (exact) mass is 519 g/mol. The predicted molar refractivity (Wildman–Crippen MR) is 145 cm³/mol. The van der Waals surface area contributed by atoms with Gasteiger partial charge in [0.1, 0.15) is 17.1 Å². The molecule has 7 heteroatoms. The highest BCUT2D eigenvalue weighted by Gasteiger charge is 2.46. The lowest BCUT2D eigenvalue weighted by molar-refractivity contribution is -0.142. The lowest BCUT2D eigenvalue weighted by Crippen LogP contribution is -2.49. The molecule has 2 heterocycles. The SMILES string of the molecule is CC(C)=CCC/C(C)=C/CC[C@]1(C)Oc2c(c(O)cc3c2CN([C@@H](C(=O)O)c2ccccc2)C3=O)C[C@@H]1O. The number of carbonyl (C=O) groups is 2. The van der Waals surface area contributed by atoms with E-state index in [1.807, 2.05) is 6.92 Å². The second-order valence-corrected chi connectivity index (χ2v) is 10.9. The van der Waals surface area contributed by atoms with Crippen molar-refractivity contribution in [1.29, 1.82) is 0 Å². The van der Waals surface area contributed by atoms with Crippen LogP contribution in [0.5, 0.6) is 11.5 Å². The summed E-state index contributed by atoms with van der Waals surface area (Å²) in [5.41, 5.74) is 3.38. The van der Waals surface area contributed by atoms with Crippen molar-refractivity contribution in [2.45, 2.75) is 84.1 Å². The molecule has 202 valence electrons. The van der Waals surface area contributed by atoms with Crippen LogP contribution in [0.15, 0.2) is 59.7 Å². The quantitative estimate of drug-likeness (QED) is 0.367. The number of hydrogen-bond donors (Lipinski definition) is 3. The van der Waals surface area contributed by atoms with Gasteiger partial charge in [-0.05, 0) is 65.0 Å². The fraction of sp³-hybridized carbons (Fsp3) is 0.419. The van der Waals surface area contributed by atoms with Crippen LogP contribution in [0, 0.1) is 0 Å². The smallest absolute Gasteiger partial charge is 0.331 e. The molecule has 38 heavy (non-hydrogen) atoms. The van der Waals surface area contributed by atoms with Gasteiger partial charge in [0.25, 0.3) is 5.91 Å². The molecule has 0 bridgehead atoms. The van der Waals surface area contributed by atoms with Crippen LogP contribution in [0.2, 0.25) is 0 Å². The number of aliphatic carboxylic acids is 1. The zero-order valence-electron chi connectivity index (χ0n) is 22.5. The molecule has 7 nitrogen and oxygen atoms in total. The molecule has 2 aromatic carbocycles. The average Bonchev–Trinajstić information content (AvgIpc) is 3.16. The minimum atomic E-state index is -1.17. The van der Waals surface area contributed by atoms with Crippen LogP contribution in [0.1, 0.15) is 86.5 Å². The number of aromatic hydroxyl groups is 1. The number of rotatable bonds is 9. The van der Waals surface area contributed by atoms with Crippen molar-refractivity contribution in [3.63, 3.8) is 0 Å². The van der Waals surface area contributed by atoms with Gasteiger partial charge in [-0.25, -0.2) is 4.79 Å². The molecule has 0 fully saturated rings. The van der Waals surface area contributed by atoms with Crippen molar-refractivity contribution in [2.24, 2.45) is 0 Å². The van der Waals surface area contributed by atoms with Crippen LogP contribution in [-0.2, 0) is 17.8 Å². The third kappa shape index (κ3) is 5.48. The normalized spacial score (nSPS) is 21.4. The summed E-state index contributed by atoms with van der Waals surface area (Å²) < 4.78 is 6.42. The Morgan fingerprint density at radius 1 is 1.16 bits per heavy atom. The summed E-state index contributed by atoms with van der Waals surface area (Å²) >= 11 is 0. The fourth-order valence-electron chi connectivity index (χ4n) is 5.32. The van der Waals surface area contributed by atoms with Gasteiger partial charge in [0.2, 0.25) is 0 Å². The number of nitrogens with zero attached hydrogens (tertiary/aromatic N) is 1. The highest BCUT2D eigenvalue weighted by Crippen LogP contribution is 2.47. The number of aliphatic hydroxyl groups is 1. The maximum atomic E-state index is 13.4. The Kier molecular flexibility index (Phi) is 7.97. The summed E-state index contributed by atoms with van der Waals surface area (Å²) in [6, 6.07) is 8.83. The molecule has 0 spiro atoms. The van der Waals surface area contributed by atoms with Crippen LogP contribution in [0.4, 0.5) is 0 Å². The van der Waals surface area contributed by atoms with Gasteiger partial charge in [-0.3, -0.25) is 4.79 Å². The van der Waals surface area contributed by atoms with Gasteiger partial charge < -0.3 is 25.0 Å². The molecular weight excluding hydrogens is 482 g/mol. The first-order valence-electron chi connectivity index (χ1n) is 13.1. The van der Waals surface area contributed by atoms with E-state index in [2.05, 4.69) is 32.9 Å². The molecule has 1 amide bonds. The number of fused-ring (bicyclic) bond motifs is 3. The van der Waals surface area contributed by atoms with Crippen LogP contribution in [-0.4, -0.2) is 43.8 Å². The van der Waals surface area contributed by atoms with E-state index < -0.39 is 29.6 Å². The molecular formula is C31H37NO6. The number of phenols is 1. The van der Waals surface area contributed by atoms with Crippen molar-refractivity contribution in [1.82, 2.24) is 4.90 Å². The zero-order chi connectivity index (χ0) is 27.6. The molecule has 0 unspecified atom stereocenters. The van der Waals surface area contributed by atoms with Gasteiger partial charge in [-0.15, -0.1) is 0 Å². The summed E-state index contributed by atoms with van der Waals surface area (Å²) in [6.45, 7) is 8.17. The van der Waals surface area contributed by atoms with E-state index in [4.69, 9.17) is 4.74 Å². The molecule has 0 aliphatic carbocycles. The third-order valence-corrected chi connectivity index (χ3v) is 7.61. The van der Waals surface area contributed by atoms with Crippen molar-refractivity contribution >= 4 is 11.9 Å². The minimum Gasteiger partial charge on any atom is -0.508 e. The van der Waals surface area contributed by atoms with Gasteiger partial charge in [0.05, 0.1) is 18.2 Å². The molecule has 0 saturated carbocycles. The first-order valence-corrected chi connectivity index (χ1v) is 13.1. The predicted octanol–water partition coefficient (Wildman–Crippen LogP) is 5.70. The Bertz CT molecular complexity index is 1280. The molecule has 0 saturated heterocycles. The zero-order valence-corrected chi connectivity index (χ0v) is 22.5. The topological polar surface area (TPSA) is 107 Å². The lowest BCUT2D eigenvalue weighted by atomic mass is 9.84. The molecule has 0 aromatic heterocycles. The van der Waals surface area contributed by atoms with Crippen LogP contribution in [0.3, 0.4) is 0 Å². The highest BCUT2D eigenvalue weighted by molar-refractivity contribution is 6.02. The number of carboxylic acid groups (broad SMARTS) is 1.